The molecule has 6 heteroatoms. The largest absolute Gasteiger partial charge is 0.462 e. The number of ether oxygens (including phenoxy) is 3. The molecule has 2 atom stereocenters. The topological polar surface area (TPSA) is 78.9 Å². The summed E-state index contributed by atoms with van der Waals surface area (Å²) in [7, 11) is 0. The van der Waals surface area contributed by atoms with E-state index < -0.39 is 11.9 Å². The maximum absolute atomic E-state index is 12.2. The SMILES string of the molecule is CC(C(=O)OCCOC(=O)C(=O)OCc1ccccc1)C1CCCC(C)(C)C1. The van der Waals surface area contributed by atoms with Crippen LogP contribution in [0.3, 0.4) is 0 Å². The molecule has 0 aromatic heterocycles. The number of esters is 3. The summed E-state index contributed by atoms with van der Waals surface area (Å²) in [6.45, 7) is 6.10. The van der Waals surface area contributed by atoms with Crippen molar-refractivity contribution in [3.63, 3.8) is 0 Å². The van der Waals surface area contributed by atoms with Gasteiger partial charge in [-0.25, -0.2) is 9.59 Å². The summed E-state index contributed by atoms with van der Waals surface area (Å²) in [6.07, 6.45) is 4.34. The van der Waals surface area contributed by atoms with E-state index in [-0.39, 0.29) is 37.1 Å². The summed E-state index contributed by atoms with van der Waals surface area (Å²) in [4.78, 5) is 35.5. The zero-order chi connectivity index (χ0) is 20.6. The molecule has 2 rings (SSSR count). The number of benzene rings is 1. The summed E-state index contributed by atoms with van der Waals surface area (Å²) in [5, 5.41) is 0. The van der Waals surface area contributed by atoms with E-state index in [9.17, 15) is 14.4 Å². The van der Waals surface area contributed by atoms with Gasteiger partial charge in [0.15, 0.2) is 0 Å². The Morgan fingerprint density at radius 3 is 2.36 bits per heavy atom. The fourth-order valence-electron chi connectivity index (χ4n) is 3.62. The Kier molecular flexibility index (Phi) is 8.03. The van der Waals surface area contributed by atoms with Crippen molar-refractivity contribution in [2.75, 3.05) is 13.2 Å². The molecule has 0 aliphatic heterocycles. The molecule has 6 nitrogen and oxygen atoms in total. The van der Waals surface area contributed by atoms with Crippen LogP contribution in [0.4, 0.5) is 0 Å². The summed E-state index contributed by atoms with van der Waals surface area (Å²) < 4.78 is 14.9. The Morgan fingerprint density at radius 2 is 1.68 bits per heavy atom. The minimum absolute atomic E-state index is 0.000981. The van der Waals surface area contributed by atoms with E-state index in [2.05, 4.69) is 13.8 Å². The molecular weight excluding hydrogens is 360 g/mol. The van der Waals surface area contributed by atoms with Gasteiger partial charge in [-0.05, 0) is 36.2 Å². The average Bonchev–Trinajstić information content (AvgIpc) is 2.68. The van der Waals surface area contributed by atoms with Gasteiger partial charge in [0, 0.05) is 0 Å². The Hall–Kier alpha value is -2.37. The highest BCUT2D eigenvalue weighted by atomic mass is 16.6. The van der Waals surface area contributed by atoms with Crippen LogP contribution in [0.15, 0.2) is 30.3 Å². The molecule has 1 aliphatic rings. The van der Waals surface area contributed by atoms with Crippen molar-refractivity contribution in [1.82, 2.24) is 0 Å². The van der Waals surface area contributed by atoms with Crippen molar-refractivity contribution < 1.29 is 28.6 Å². The molecule has 0 radical (unpaired) electrons. The van der Waals surface area contributed by atoms with Gasteiger partial charge in [-0.2, -0.15) is 0 Å². The number of carbonyl (C=O) groups is 3. The molecule has 1 saturated carbocycles. The maximum atomic E-state index is 12.2. The second kappa shape index (κ2) is 10.2. The summed E-state index contributed by atoms with van der Waals surface area (Å²) >= 11 is 0. The van der Waals surface area contributed by atoms with Crippen LogP contribution in [-0.4, -0.2) is 31.1 Å². The quantitative estimate of drug-likeness (QED) is 0.306. The van der Waals surface area contributed by atoms with Crippen molar-refractivity contribution in [2.24, 2.45) is 17.3 Å². The molecule has 0 spiro atoms. The van der Waals surface area contributed by atoms with Gasteiger partial charge in [0.25, 0.3) is 0 Å². The van der Waals surface area contributed by atoms with Gasteiger partial charge >= 0.3 is 17.9 Å². The first-order chi connectivity index (χ1) is 13.3. The Balaban J connectivity index is 1.63. The molecule has 0 heterocycles. The lowest BCUT2D eigenvalue weighted by Crippen LogP contribution is -2.31. The van der Waals surface area contributed by atoms with Gasteiger partial charge in [-0.1, -0.05) is 57.5 Å². The summed E-state index contributed by atoms with van der Waals surface area (Å²) in [5.41, 5.74) is 1.03. The first-order valence-electron chi connectivity index (χ1n) is 9.83. The zero-order valence-corrected chi connectivity index (χ0v) is 16.9. The van der Waals surface area contributed by atoms with Gasteiger partial charge < -0.3 is 14.2 Å². The predicted octanol–water partition coefficient (Wildman–Crippen LogP) is 3.67. The molecule has 1 aromatic rings. The highest BCUT2D eigenvalue weighted by Gasteiger charge is 2.34. The Bertz CT molecular complexity index is 667. The summed E-state index contributed by atoms with van der Waals surface area (Å²) in [6, 6.07) is 9.03. The van der Waals surface area contributed by atoms with E-state index in [1.165, 1.54) is 6.42 Å². The molecule has 0 saturated heterocycles. The second-order valence-electron chi connectivity index (χ2n) is 8.17. The maximum Gasteiger partial charge on any atom is 0.417 e. The van der Waals surface area contributed by atoms with Crippen LogP contribution in [0.1, 0.15) is 52.0 Å². The highest BCUT2D eigenvalue weighted by molar-refractivity contribution is 6.29. The molecule has 154 valence electrons. The minimum atomic E-state index is -1.09. The Morgan fingerprint density at radius 1 is 1.04 bits per heavy atom. The standard InChI is InChI=1S/C22H30O6/c1-16(18-10-7-11-22(2,3)14-18)19(23)26-12-13-27-20(24)21(25)28-15-17-8-5-4-6-9-17/h4-6,8-9,16,18H,7,10-15H2,1-3H3. The first-order valence-corrected chi connectivity index (χ1v) is 9.83. The van der Waals surface area contributed by atoms with Crippen molar-refractivity contribution in [1.29, 1.82) is 0 Å². The molecule has 0 bridgehead atoms. The average molecular weight is 390 g/mol. The molecule has 28 heavy (non-hydrogen) atoms. The summed E-state index contributed by atoms with van der Waals surface area (Å²) in [5.74, 6) is -2.31. The zero-order valence-electron chi connectivity index (χ0n) is 16.9. The monoisotopic (exact) mass is 390 g/mol. The number of hydrogen-bond donors (Lipinski definition) is 0. The van der Waals surface area contributed by atoms with Crippen molar-refractivity contribution in [3.8, 4) is 0 Å². The third kappa shape index (κ3) is 6.98. The molecule has 1 fully saturated rings. The van der Waals surface area contributed by atoms with Crippen molar-refractivity contribution >= 4 is 17.9 Å². The van der Waals surface area contributed by atoms with Crippen LogP contribution in [0.5, 0.6) is 0 Å². The van der Waals surface area contributed by atoms with Gasteiger partial charge in [0.1, 0.15) is 19.8 Å². The van der Waals surface area contributed by atoms with E-state index in [1.807, 2.05) is 25.1 Å². The lowest BCUT2D eigenvalue weighted by Gasteiger charge is -2.37. The van der Waals surface area contributed by atoms with E-state index in [4.69, 9.17) is 14.2 Å². The van der Waals surface area contributed by atoms with Crippen molar-refractivity contribution in [3.05, 3.63) is 35.9 Å². The molecule has 0 amide bonds. The van der Waals surface area contributed by atoms with Gasteiger partial charge in [0.2, 0.25) is 0 Å². The molecule has 1 aliphatic carbocycles. The number of rotatable bonds is 7. The lowest BCUT2D eigenvalue weighted by atomic mass is 9.68. The van der Waals surface area contributed by atoms with Gasteiger partial charge in [-0.3, -0.25) is 4.79 Å². The van der Waals surface area contributed by atoms with Crippen LogP contribution in [0.2, 0.25) is 0 Å². The second-order valence-corrected chi connectivity index (χ2v) is 8.17. The smallest absolute Gasteiger partial charge is 0.417 e. The van der Waals surface area contributed by atoms with E-state index >= 15 is 0 Å². The van der Waals surface area contributed by atoms with Crippen LogP contribution in [0, 0.1) is 17.3 Å². The highest BCUT2D eigenvalue weighted by Crippen LogP contribution is 2.41. The van der Waals surface area contributed by atoms with Gasteiger partial charge in [0.05, 0.1) is 5.92 Å². The van der Waals surface area contributed by atoms with E-state index in [0.717, 1.165) is 24.8 Å². The van der Waals surface area contributed by atoms with Gasteiger partial charge in [-0.15, -0.1) is 0 Å². The Labute approximate surface area is 166 Å². The molecule has 0 N–H and O–H groups in total. The van der Waals surface area contributed by atoms with E-state index in [0.29, 0.717) is 5.92 Å². The first kappa shape index (κ1) is 21.9. The molecule has 1 aromatic carbocycles. The normalized spacial score (nSPS) is 19.3. The molecular formula is C22H30O6. The van der Waals surface area contributed by atoms with Crippen LogP contribution in [-0.2, 0) is 35.2 Å². The fourth-order valence-corrected chi connectivity index (χ4v) is 3.62. The predicted molar refractivity (Wildman–Crippen MR) is 103 cm³/mol. The van der Waals surface area contributed by atoms with Crippen LogP contribution < -0.4 is 0 Å². The van der Waals surface area contributed by atoms with Crippen molar-refractivity contribution in [2.45, 2.75) is 53.1 Å². The van der Waals surface area contributed by atoms with Crippen LogP contribution in [0.25, 0.3) is 0 Å². The third-order valence-corrected chi connectivity index (χ3v) is 5.26. The lowest BCUT2D eigenvalue weighted by molar-refractivity contribution is -0.170. The van der Waals surface area contributed by atoms with Crippen LogP contribution >= 0.6 is 0 Å². The number of hydrogen-bond acceptors (Lipinski definition) is 6. The minimum Gasteiger partial charge on any atom is -0.462 e. The number of carbonyl (C=O) groups excluding carboxylic acids is 3. The van der Waals surface area contributed by atoms with E-state index in [1.54, 1.807) is 12.1 Å². The molecule has 2 unspecified atom stereocenters. The third-order valence-electron chi connectivity index (χ3n) is 5.26. The fraction of sp³-hybridized carbons (Fsp3) is 0.591.